The average Bonchev–Trinajstić information content (AvgIpc) is 3.16. The monoisotopic (exact) mass is 934 g/mol. The maximum Gasteiger partial charge on any atom is 0.514 e. The van der Waals surface area contributed by atoms with Gasteiger partial charge >= 0.3 is 18.5 Å². The van der Waals surface area contributed by atoms with Gasteiger partial charge in [-0.15, -0.1) is 9.24 Å². The average molecular weight is 935 g/mol. The Hall–Kier alpha value is -4.37. The maximum absolute atomic E-state index is 13.2. The molecule has 0 fully saturated rings. The van der Waals surface area contributed by atoms with E-state index >= 15 is 0 Å². The van der Waals surface area contributed by atoms with Crippen LogP contribution in [0.4, 0.5) is 14.4 Å². The van der Waals surface area contributed by atoms with E-state index in [2.05, 4.69) is 16.2 Å². The molecular weight excluding hydrogens is 884 g/mol. The summed E-state index contributed by atoms with van der Waals surface area (Å²) in [5.74, 6) is -1.23. The second-order valence-corrected chi connectivity index (χ2v) is 19.4. The molecule has 3 aromatic rings. The van der Waals surface area contributed by atoms with Gasteiger partial charge < -0.3 is 28.4 Å². The predicted molar refractivity (Wildman–Crippen MR) is 222 cm³/mol. The number of benzene rings is 3. The van der Waals surface area contributed by atoms with Crippen LogP contribution in [0.15, 0.2) is 87.5 Å². The Morgan fingerprint density at radius 1 is 0.525 bits per heavy atom. The number of carbonyl (C=O) groups is 3. The van der Waals surface area contributed by atoms with E-state index in [9.17, 15) is 53.3 Å². The summed E-state index contributed by atoms with van der Waals surface area (Å²) >= 11 is 0. The molecule has 0 bridgehead atoms. The highest BCUT2D eigenvalue weighted by Gasteiger charge is 2.51. The molecule has 338 valence electrons. The number of hydrogen-bond acceptors (Lipinski definition) is 15. The lowest BCUT2D eigenvalue weighted by atomic mass is 9.76. The van der Waals surface area contributed by atoms with Gasteiger partial charge in [-0.3, -0.25) is 13.7 Å². The first kappa shape index (κ1) is 51.0. The molecule has 5 atom stereocenters. The van der Waals surface area contributed by atoms with Gasteiger partial charge in [0.1, 0.15) is 35.6 Å². The molecule has 61 heavy (non-hydrogen) atoms. The molecule has 0 saturated carbocycles. The molecule has 0 heterocycles. The molecule has 0 amide bonds. The van der Waals surface area contributed by atoms with Crippen molar-refractivity contribution in [3.8, 4) is 17.2 Å². The summed E-state index contributed by atoms with van der Waals surface area (Å²) in [6, 6.07) is 12.7. The fraction of sp³-hybridized carbons (Fsp3) is 0.462. The first-order chi connectivity index (χ1) is 28.4. The third-order valence-corrected chi connectivity index (χ3v) is 13.8. The normalized spacial score (nSPS) is 15.0. The van der Waals surface area contributed by atoms with Gasteiger partial charge in [-0.2, -0.15) is 25.3 Å². The zero-order valence-corrected chi connectivity index (χ0v) is 37.5. The highest BCUT2D eigenvalue weighted by Crippen LogP contribution is 2.44. The van der Waals surface area contributed by atoms with Crippen LogP contribution in [0.5, 0.6) is 17.2 Å². The molecule has 0 aromatic heterocycles. The van der Waals surface area contributed by atoms with Crippen molar-refractivity contribution in [2.45, 2.75) is 124 Å². The lowest BCUT2D eigenvalue weighted by molar-refractivity contribution is -0.0547. The third kappa shape index (κ3) is 16.1. The van der Waals surface area contributed by atoms with Gasteiger partial charge in [-0.25, -0.2) is 14.4 Å². The van der Waals surface area contributed by atoms with E-state index in [0.29, 0.717) is 12.8 Å². The summed E-state index contributed by atoms with van der Waals surface area (Å²) in [5.41, 5.74) is 0. The first-order valence-corrected chi connectivity index (χ1v) is 24.0. The van der Waals surface area contributed by atoms with Crippen LogP contribution >= 0.6 is 9.24 Å². The van der Waals surface area contributed by atoms with E-state index in [-0.39, 0.29) is 17.2 Å². The van der Waals surface area contributed by atoms with Gasteiger partial charge in [0.05, 0.1) is 19.8 Å². The van der Waals surface area contributed by atoms with Crippen LogP contribution in [-0.2, 0) is 44.6 Å². The molecule has 22 heteroatoms. The highest BCUT2D eigenvalue weighted by molar-refractivity contribution is 7.86. The molecule has 0 aliphatic heterocycles. The topological polar surface area (TPSA) is 270 Å². The molecule has 0 saturated heterocycles. The fourth-order valence-electron chi connectivity index (χ4n) is 6.45. The molecule has 3 N–H and O–H groups in total. The molecule has 5 unspecified atom stereocenters. The van der Waals surface area contributed by atoms with Crippen molar-refractivity contribution < 1.29 is 81.7 Å². The smallest absolute Gasteiger partial charge is 0.431 e. The van der Waals surface area contributed by atoms with Crippen LogP contribution in [0.25, 0.3) is 0 Å². The van der Waals surface area contributed by atoms with E-state index in [1.807, 2.05) is 0 Å². The molecular formula is C39H51O18PS3. The summed E-state index contributed by atoms with van der Waals surface area (Å²) in [6.45, 7) is 6.60. The SMILES string of the molecule is CCCCCCCCCCC(C(C)OC(=O)Oc1ccc(S(=O)(=O)O)cc1)C(P)(C(C)OC(=O)Oc1ccc(S(=O)(=O)O)cc1)C(C)OC(=O)Oc1ccc(S(=O)(=O)O)cc1. The molecule has 0 radical (unpaired) electrons. The van der Waals surface area contributed by atoms with Crippen LogP contribution in [0.3, 0.4) is 0 Å². The number of ether oxygens (including phenoxy) is 6. The van der Waals surface area contributed by atoms with Crippen molar-refractivity contribution in [2.24, 2.45) is 5.92 Å². The van der Waals surface area contributed by atoms with E-state index in [0.717, 1.165) is 118 Å². The standard InChI is InChI=1S/C39H51O18PS3/c1-5-6-7-8-9-10-11-12-13-35(26(2)52-36(40)55-29-14-20-32(21-15-29)59(43,44)45)39(58,27(3)53-37(41)56-30-16-22-33(23-17-30)60(46,47)48)28(4)54-38(42)57-31-18-24-34(25-19-31)61(49,50)51/h14-28,35H,5-13,58H2,1-4H3,(H,43,44,45)(H,46,47,48)(H,49,50,51). The molecule has 0 aliphatic carbocycles. The Kier molecular flexibility index (Phi) is 18.9. The Balaban J connectivity index is 1.95. The van der Waals surface area contributed by atoms with Crippen LogP contribution < -0.4 is 14.2 Å². The zero-order valence-electron chi connectivity index (χ0n) is 33.9. The van der Waals surface area contributed by atoms with Gasteiger partial charge in [-0.05, 0) is 100.0 Å². The van der Waals surface area contributed by atoms with Gasteiger partial charge in [0.15, 0.2) is 0 Å². The second-order valence-electron chi connectivity index (χ2n) is 14.1. The van der Waals surface area contributed by atoms with E-state index in [1.54, 1.807) is 6.92 Å². The van der Waals surface area contributed by atoms with Crippen molar-refractivity contribution >= 4 is 58.1 Å². The van der Waals surface area contributed by atoms with Crippen molar-refractivity contribution in [1.82, 2.24) is 0 Å². The Bertz CT molecular complexity index is 2150. The van der Waals surface area contributed by atoms with Crippen molar-refractivity contribution in [2.75, 3.05) is 0 Å². The minimum atomic E-state index is -4.54. The lowest BCUT2D eigenvalue weighted by Gasteiger charge is -2.46. The summed E-state index contributed by atoms with van der Waals surface area (Å²) in [6.07, 6.45) is 0.589. The fourth-order valence-corrected chi connectivity index (χ4v) is 8.46. The summed E-state index contributed by atoms with van der Waals surface area (Å²) in [5, 5.41) is -1.53. The minimum Gasteiger partial charge on any atom is -0.431 e. The van der Waals surface area contributed by atoms with Crippen LogP contribution in [-0.4, -0.2) is 80.8 Å². The van der Waals surface area contributed by atoms with Gasteiger partial charge in [0.2, 0.25) is 0 Å². The summed E-state index contributed by atoms with van der Waals surface area (Å²) < 4.78 is 130. The number of rotatable bonds is 22. The number of unbranched alkanes of at least 4 members (excludes halogenated alkanes) is 7. The molecule has 18 nitrogen and oxygen atoms in total. The molecule has 0 aliphatic rings. The minimum absolute atomic E-state index is 0.116. The van der Waals surface area contributed by atoms with Crippen LogP contribution in [0.1, 0.15) is 85.5 Å². The largest absolute Gasteiger partial charge is 0.514 e. The van der Waals surface area contributed by atoms with Crippen molar-refractivity contribution in [3.05, 3.63) is 72.8 Å². The predicted octanol–water partition coefficient (Wildman–Crippen LogP) is 8.30. The molecule has 3 rings (SSSR count). The van der Waals surface area contributed by atoms with Crippen molar-refractivity contribution in [1.29, 1.82) is 0 Å². The lowest BCUT2D eigenvalue weighted by Crippen LogP contribution is -2.57. The summed E-state index contributed by atoms with van der Waals surface area (Å²) in [7, 11) is -11.1. The Morgan fingerprint density at radius 3 is 1.13 bits per heavy atom. The maximum atomic E-state index is 13.2. The Labute approximate surface area is 358 Å². The van der Waals surface area contributed by atoms with E-state index in [4.69, 9.17) is 28.4 Å². The highest BCUT2D eigenvalue weighted by atomic mass is 32.2. The Morgan fingerprint density at radius 2 is 0.820 bits per heavy atom. The molecule has 0 spiro atoms. The summed E-state index contributed by atoms with van der Waals surface area (Å²) in [4.78, 5) is 38.3. The first-order valence-electron chi connectivity index (χ1n) is 19.1. The second kappa shape index (κ2) is 22.6. The third-order valence-electron chi connectivity index (χ3n) is 9.78. The van der Waals surface area contributed by atoms with Crippen molar-refractivity contribution in [3.63, 3.8) is 0 Å². The van der Waals surface area contributed by atoms with E-state index < -0.39 is 92.9 Å². The number of carbonyl (C=O) groups excluding carboxylic acids is 3. The van der Waals surface area contributed by atoms with E-state index in [1.165, 1.54) is 13.8 Å². The van der Waals surface area contributed by atoms with Gasteiger partial charge in [0, 0.05) is 5.92 Å². The quantitative estimate of drug-likeness (QED) is 0.0213. The zero-order chi connectivity index (χ0) is 45.6. The van der Waals surface area contributed by atoms with Crippen LogP contribution in [0, 0.1) is 5.92 Å². The number of hydrogen-bond donors (Lipinski definition) is 3. The van der Waals surface area contributed by atoms with Gasteiger partial charge in [-0.1, -0.05) is 58.3 Å². The van der Waals surface area contributed by atoms with Gasteiger partial charge in [0.25, 0.3) is 30.4 Å². The molecule has 3 aromatic carbocycles. The van der Waals surface area contributed by atoms with Crippen LogP contribution in [0.2, 0.25) is 0 Å².